The number of rotatable bonds is 2. The van der Waals surface area contributed by atoms with Gasteiger partial charge in [-0.25, -0.2) is 4.63 Å². The number of benzene rings is 1. The molecule has 0 amide bonds. The molecular formula is C13H18N4O. The van der Waals surface area contributed by atoms with E-state index in [0.29, 0.717) is 11.2 Å². The quantitative estimate of drug-likeness (QED) is 0.823. The summed E-state index contributed by atoms with van der Waals surface area (Å²) >= 11 is 0. The number of nitrogens with zero attached hydrogens (tertiary/aromatic N) is 3. The lowest BCUT2D eigenvalue weighted by Crippen LogP contribution is -2.21. The number of nitrogens with two attached hydrogens (primary N) is 1. The molecule has 1 aliphatic heterocycles. The average molecular weight is 246 g/mol. The summed E-state index contributed by atoms with van der Waals surface area (Å²) in [5.41, 5.74) is 9.01. The van der Waals surface area contributed by atoms with Gasteiger partial charge < -0.3 is 10.6 Å². The zero-order valence-electron chi connectivity index (χ0n) is 10.8. The maximum Gasteiger partial charge on any atom is 0.160 e. The van der Waals surface area contributed by atoms with E-state index >= 15 is 0 Å². The van der Waals surface area contributed by atoms with Crippen molar-refractivity contribution in [2.45, 2.75) is 20.3 Å². The van der Waals surface area contributed by atoms with Gasteiger partial charge in [0.15, 0.2) is 11.0 Å². The summed E-state index contributed by atoms with van der Waals surface area (Å²) in [6.07, 6.45) is 1.23. The molecule has 18 heavy (non-hydrogen) atoms. The Bertz CT molecular complexity index is 563. The molecule has 0 radical (unpaired) electrons. The summed E-state index contributed by atoms with van der Waals surface area (Å²) in [5, 5.41) is 7.85. The van der Waals surface area contributed by atoms with Crippen LogP contribution < -0.4 is 10.6 Å². The molecule has 1 aliphatic rings. The van der Waals surface area contributed by atoms with E-state index in [-0.39, 0.29) is 0 Å². The first-order chi connectivity index (χ1) is 8.66. The van der Waals surface area contributed by atoms with Crippen molar-refractivity contribution in [1.82, 2.24) is 10.3 Å². The molecule has 5 nitrogen and oxygen atoms in total. The van der Waals surface area contributed by atoms with Crippen molar-refractivity contribution in [2.75, 3.05) is 23.7 Å². The Hall–Kier alpha value is -1.78. The Morgan fingerprint density at radius 1 is 1.33 bits per heavy atom. The Kier molecular flexibility index (Phi) is 2.61. The summed E-state index contributed by atoms with van der Waals surface area (Å²) in [5.74, 6) is 1.46. The predicted molar refractivity (Wildman–Crippen MR) is 71.4 cm³/mol. The molecule has 0 spiro atoms. The van der Waals surface area contributed by atoms with Crippen LogP contribution in [0.5, 0.6) is 0 Å². The van der Waals surface area contributed by atoms with Gasteiger partial charge in [0.1, 0.15) is 0 Å². The Morgan fingerprint density at radius 2 is 2.11 bits per heavy atom. The minimum absolute atomic E-state index is 0.620. The normalized spacial score (nSPS) is 20.2. The molecule has 96 valence electrons. The second kappa shape index (κ2) is 4.15. The molecule has 5 heteroatoms. The van der Waals surface area contributed by atoms with Crippen LogP contribution in [-0.4, -0.2) is 23.4 Å². The third-order valence-electron chi connectivity index (χ3n) is 3.93. The molecule has 0 bridgehead atoms. The lowest BCUT2D eigenvalue weighted by atomic mass is 9.95. The molecular weight excluding hydrogens is 228 g/mol. The van der Waals surface area contributed by atoms with Crippen molar-refractivity contribution >= 4 is 22.4 Å². The lowest BCUT2D eigenvalue weighted by Gasteiger charge is -2.20. The minimum Gasteiger partial charge on any atom is -0.397 e. The van der Waals surface area contributed by atoms with Gasteiger partial charge in [0.2, 0.25) is 0 Å². The van der Waals surface area contributed by atoms with E-state index < -0.39 is 0 Å². The highest BCUT2D eigenvalue weighted by Crippen LogP contribution is 2.33. The van der Waals surface area contributed by atoms with Crippen LogP contribution in [0.4, 0.5) is 11.4 Å². The number of fused-ring (bicyclic) bond motifs is 1. The Morgan fingerprint density at radius 3 is 2.83 bits per heavy atom. The van der Waals surface area contributed by atoms with E-state index in [1.807, 2.05) is 12.1 Å². The van der Waals surface area contributed by atoms with Crippen LogP contribution in [0.1, 0.15) is 20.3 Å². The third kappa shape index (κ3) is 1.70. The standard InChI is InChI=1S/C13H18N4O/c1-8(2)9-5-6-17(7-9)11-4-3-10(14)12-13(11)16-18-15-12/h3-4,8-9H,5-7,14H2,1-2H3. The topological polar surface area (TPSA) is 68.2 Å². The van der Waals surface area contributed by atoms with Gasteiger partial charge in [-0.2, -0.15) is 0 Å². The van der Waals surface area contributed by atoms with Gasteiger partial charge in [0, 0.05) is 13.1 Å². The summed E-state index contributed by atoms with van der Waals surface area (Å²) in [6.45, 7) is 6.70. The van der Waals surface area contributed by atoms with Crippen LogP contribution >= 0.6 is 0 Å². The second-order valence-electron chi connectivity index (χ2n) is 5.37. The highest BCUT2D eigenvalue weighted by molar-refractivity contribution is 5.95. The molecule has 3 rings (SSSR count). The highest BCUT2D eigenvalue weighted by atomic mass is 16.6. The second-order valence-corrected chi connectivity index (χ2v) is 5.37. The minimum atomic E-state index is 0.620. The molecule has 2 heterocycles. The summed E-state index contributed by atoms with van der Waals surface area (Å²) in [4.78, 5) is 2.36. The SMILES string of the molecule is CC(C)C1CCN(c2ccc(N)c3nonc23)C1. The zero-order valence-corrected chi connectivity index (χ0v) is 10.8. The maximum absolute atomic E-state index is 5.86. The van der Waals surface area contributed by atoms with E-state index in [1.165, 1.54) is 6.42 Å². The van der Waals surface area contributed by atoms with Gasteiger partial charge in [-0.05, 0) is 40.7 Å². The number of aromatic nitrogens is 2. The van der Waals surface area contributed by atoms with Gasteiger partial charge in [-0.3, -0.25) is 0 Å². The molecule has 0 aliphatic carbocycles. The smallest absolute Gasteiger partial charge is 0.160 e. The predicted octanol–water partition coefficient (Wildman–Crippen LogP) is 2.29. The fourth-order valence-corrected chi connectivity index (χ4v) is 2.68. The fourth-order valence-electron chi connectivity index (χ4n) is 2.68. The average Bonchev–Trinajstić information content (AvgIpc) is 2.98. The number of hydrogen-bond donors (Lipinski definition) is 1. The molecule has 1 fully saturated rings. The van der Waals surface area contributed by atoms with E-state index in [4.69, 9.17) is 10.4 Å². The first-order valence-corrected chi connectivity index (χ1v) is 6.42. The molecule has 2 aromatic rings. The first-order valence-electron chi connectivity index (χ1n) is 6.42. The van der Waals surface area contributed by atoms with Crippen molar-refractivity contribution in [2.24, 2.45) is 11.8 Å². The van der Waals surface area contributed by atoms with Gasteiger partial charge in [0.05, 0.1) is 11.4 Å². The monoisotopic (exact) mass is 246 g/mol. The van der Waals surface area contributed by atoms with Crippen molar-refractivity contribution in [3.8, 4) is 0 Å². The number of hydrogen-bond acceptors (Lipinski definition) is 5. The van der Waals surface area contributed by atoms with Crippen molar-refractivity contribution in [3.63, 3.8) is 0 Å². The van der Waals surface area contributed by atoms with E-state index in [2.05, 4.69) is 29.1 Å². The van der Waals surface area contributed by atoms with Crippen LogP contribution in [0.3, 0.4) is 0 Å². The van der Waals surface area contributed by atoms with Gasteiger partial charge in [-0.1, -0.05) is 13.8 Å². The van der Waals surface area contributed by atoms with Crippen LogP contribution in [0.25, 0.3) is 11.0 Å². The van der Waals surface area contributed by atoms with Crippen molar-refractivity contribution in [1.29, 1.82) is 0 Å². The van der Waals surface area contributed by atoms with E-state index in [0.717, 1.165) is 36.1 Å². The molecule has 1 unspecified atom stereocenters. The van der Waals surface area contributed by atoms with Gasteiger partial charge in [0.25, 0.3) is 0 Å². The van der Waals surface area contributed by atoms with E-state index in [1.54, 1.807) is 0 Å². The third-order valence-corrected chi connectivity index (χ3v) is 3.93. The summed E-state index contributed by atoms with van der Waals surface area (Å²) < 4.78 is 4.81. The van der Waals surface area contributed by atoms with E-state index in [9.17, 15) is 0 Å². The van der Waals surface area contributed by atoms with Crippen LogP contribution in [0, 0.1) is 11.8 Å². The number of anilines is 2. The lowest BCUT2D eigenvalue weighted by molar-refractivity contribution is 0.315. The maximum atomic E-state index is 5.86. The summed E-state index contributed by atoms with van der Waals surface area (Å²) in [6, 6.07) is 3.90. The van der Waals surface area contributed by atoms with Crippen LogP contribution in [0.15, 0.2) is 16.8 Å². The number of nitrogen functional groups attached to an aromatic ring is 1. The highest BCUT2D eigenvalue weighted by Gasteiger charge is 2.27. The Balaban J connectivity index is 1.96. The summed E-state index contributed by atoms with van der Waals surface area (Å²) in [7, 11) is 0. The Labute approximate surface area is 106 Å². The van der Waals surface area contributed by atoms with Crippen LogP contribution in [-0.2, 0) is 0 Å². The molecule has 2 N–H and O–H groups in total. The van der Waals surface area contributed by atoms with Crippen molar-refractivity contribution in [3.05, 3.63) is 12.1 Å². The molecule has 1 aromatic carbocycles. The molecule has 1 saturated heterocycles. The zero-order chi connectivity index (χ0) is 12.7. The largest absolute Gasteiger partial charge is 0.397 e. The first kappa shape index (κ1) is 11.3. The molecule has 0 saturated carbocycles. The van der Waals surface area contributed by atoms with Gasteiger partial charge >= 0.3 is 0 Å². The molecule has 1 aromatic heterocycles. The van der Waals surface area contributed by atoms with Crippen LogP contribution in [0.2, 0.25) is 0 Å². The van der Waals surface area contributed by atoms with Crippen molar-refractivity contribution < 1.29 is 4.63 Å². The van der Waals surface area contributed by atoms with Gasteiger partial charge in [-0.15, -0.1) is 0 Å². The fraction of sp³-hybridized carbons (Fsp3) is 0.538. The molecule has 1 atom stereocenters.